The number of carbonyl (C=O) groups excluding carboxylic acids is 1. The van der Waals surface area contributed by atoms with Crippen LogP contribution in [0.3, 0.4) is 0 Å². The van der Waals surface area contributed by atoms with E-state index >= 15 is 0 Å². The maximum Gasteiger partial charge on any atom is 0.418 e. The van der Waals surface area contributed by atoms with Crippen LogP contribution in [0.2, 0.25) is 0 Å². The van der Waals surface area contributed by atoms with Gasteiger partial charge in [0.05, 0.1) is 23.3 Å². The van der Waals surface area contributed by atoms with E-state index in [1.54, 1.807) is 0 Å². The van der Waals surface area contributed by atoms with Crippen LogP contribution in [0.5, 0.6) is 0 Å². The number of rotatable bonds is 8. The highest BCUT2D eigenvalue weighted by molar-refractivity contribution is 5.90. The normalized spacial score (nSPS) is 14.8. The highest BCUT2D eigenvalue weighted by Gasteiger charge is 2.34. The van der Waals surface area contributed by atoms with Crippen molar-refractivity contribution in [2.45, 2.75) is 19.1 Å². The summed E-state index contributed by atoms with van der Waals surface area (Å²) in [6, 6.07) is 12.3. The topological polar surface area (TPSA) is 76.6 Å². The van der Waals surface area contributed by atoms with Gasteiger partial charge in [0.25, 0.3) is 0 Å². The van der Waals surface area contributed by atoms with Crippen LogP contribution in [0.15, 0.2) is 48.5 Å². The Morgan fingerprint density at radius 2 is 1.70 bits per heavy atom. The first-order valence-electron chi connectivity index (χ1n) is 12.3. The minimum Gasteiger partial charge on any atom is -0.369 e. The van der Waals surface area contributed by atoms with E-state index in [4.69, 9.17) is 9.97 Å². The van der Waals surface area contributed by atoms with E-state index in [0.717, 1.165) is 42.3 Å². The van der Waals surface area contributed by atoms with Gasteiger partial charge in [-0.2, -0.15) is 13.2 Å². The lowest BCUT2D eigenvalue weighted by Crippen LogP contribution is -2.49. The Morgan fingerprint density at radius 3 is 2.43 bits per heavy atom. The molecule has 0 atom stereocenters. The summed E-state index contributed by atoms with van der Waals surface area (Å²) in [5.41, 5.74) is -0.233. The molecular formula is C26H32F3N7O. The number of hydrogen-bond donors (Lipinski definition) is 2. The van der Waals surface area contributed by atoms with Gasteiger partial charge in [-0.25, -0.2) is 14.8 Å². The molecule has 1 aromatic heterocycles. The molecule has 4 rings (SSSR count). The lowest BCUT2D eigenvalue weighted by atomic mass is 10.1. The number of amides is 2. The van der Waals surface area contributed by atoms with E-state index in [0.29, 0.717) is 38.5 Å². The van der Waals surface area contributed by atoms with Crippen LogP contribution in [0.25, 0.3) is 10.9 Å². The van der Waals surface area contributed by atoms with E-state index in [9.17, 15) is 18.0 Å². The number of nitrogens with zero attached hydrogens (tertiary/aromatic N) is 5. The Bertz CT molecular complexity index is 1210. The van der Waals surface area contributed by atoms with Crippen molar-refractivity contribution in [1.29, 1.82) is 0 Å². The molecule has 1 saturated heterocycles. The molecule has 0 radical (unpaired) electrons. The summed E-state index contributed by atoms with van der Waals surface area (Å²) in [7, 11) is 4.09. The number of carbonyl (C=O) groups is 1. The van der Waals surface area contributed by atoms with E-state index in [1.807, 2.05) is 38.4 Å². The zero-order valence-corrected chi connectivity index (χ0v) is 21.1. The van der Waals surface area contributed by atoms with Crippen molar-refractivity contribution in [3.63, 3.8) is 0 Å². The predicted octanol–water partition coefficient (Wildman–Crippen LogP) is 4.36. The van der Waals surface area contributed by atoms with Gasteiger partial charge in [0.2, 0.25) is 0 Å². The predicted molar refractivity (Wildman–Crippen MR) is 139 cm³/mol. The second-order valence-corrected chi connectivity index (χ2v) is 9.33. The van der Waals surface area contributed by atoms with Crippen molar-refractivity contribution >= 4 is 28.4 Å². The fourth-order valence-electron chi connectivity index (χ4n) is 4.27. The summed E-state index contributed by atoms with van der Waals surface area (Å²) in [6.07, 6.45) is -3.55. The zero-order valence-electron chi connectivity index (χ0n) is 21.1. The molecule has 198 valence electrons. The van der Waals surface area contributed by atoms with E-state index < -0.39 is 17.8 Å². The summed E-state index contributed by atoms with van der Waals surface area (Å²) in [5, 5.41) is 6.84. The van der Waals surface area contributed by atoms with Gasteiger partial charge in [0.1, 0.15) is 11.6 Å². The third kappa shape index (κ3) is 7.07. The molecule has 0 aliphatic carbocycles. The number of urea groups is 1. The van der Waals surface area contributed by atoms with Gasteiger partial charge >= 0.3 is 12.2 Å². The van der Waals surface area contributed by atoms with Crippen molar-refractivity contribution in [3.8, 4) is 0 Å². The van der Waals surface area contributed by atoms with Crippen LogP contribution in [0.1, 0.15) is 17.8 Å². The molecule has 2 aromatic carbocycles. The molecule has 3 aromatic rings. The molecule has 2 N–H and O–H groups in total. The first-order valence-corrected chi connectivity index (χ1v) is 12.3. The van der Waals surface area contributed by atoms with Crippen molar-refractivity contribution in [2.75, 3.05) is 64.0 Å². The SMILES string of the molecule is CN(C)CCCNc1nc(CN2CCN(C(=O)Nc3ccccc3C(F)(F)F)CC2)nc2ccccc12. The number of aromatic nitrogens is 2. The molecule has 1 aliphatic rings. The number of para-hydroxylation sites is 2. The monoisotopic (exact) mass is 515 g/mol. The van der Waals surface area contributed by atoms with E-state index in [2.05, 4.69) is 20.4 Å². The molecule has 2 amide bonds. The molecular weight excluding hydrogens is 483 g/mol. The van der Waals surface area contributed by atoms with Gasteiger partial charge in [0.15, 0.2) is 0 Å². The number of halogens is 3. The molecule has 8 nitrogen and oxygen atoms in total. The number of piperazine rings is 1. The van der Waals surface area contributed by atoms with Crippen LogP contribution in [-0.4, -0.2) is 84.1 Å². The Balaban J connectivity index is 1.36. The molecule has 0 saturated carbocycles. The van der Waals surface area contributed by atoms with Crippen molar-refractivity contribution in [2.24, 2.45) is 0 Å². The zero-order chi connectivity index (χ0) is 26.4. The molecule has 37 heavy (non-hydrogen) atoms. The third-order valence-corrected chi connectivity index (χ3v) is 6.22. The van der Waals surface area contributed by atoms with Gasteiger partial charge in [-0.1, -0.05) is 24.3 Å². The molecule has 1 aliphatic heterocycles. The lowest BCUT2D eigenvalue weighted by molar-refractivity contribution is -0.136. The number of benzene rings is 2. The highest BCUT2D eigenvalue weighted by Crippen LogP contribution is 2.34. The van der Waals surface area contributed by atoms with Gasteiger partial charge in [0, 0.05) is 38.1 Å². The van der Waals surface area contributed by atoms with Crippen molar-refractivity contribution in [3.05, 3.63) is 59.9 Å². The number of fused-ring (bicyclic) bond motifs is 1. The summed E-state index contributed by atoms with van der Waals surface area (Å²) in [6.45, 7) is 4.20. The Kier molecular flexibility index (Phi) is 8.45. The second-order valence-electron chi connectivity index (χ2n) is 9.33. The number of anilines is 2. The summed E-state index contributed by atoms with van der Waals surface area (Å²) >= 11 is 0. The molecule has 0 bridgehead atoms. The van der Waals surface area contributed by atoms with Crippen LogP contribution in [0, 0.1) is 0 Å². The molecule has 11 heteroatoms. The van der Waals surface area contributed by atoms with Crippen molar-refractivity contribution < 1.29 is 18.0 Å². The van der Waals surface area contributed by atoms with Gasteiger partial charge in [-0.3, -0.25) is 4.90 Å². The number of alkyl halides is 3. The largest absolute Gasteiger partial charge is 0.418 e. The highest BCUT2D eigenvalue weighted by atomic mass is 19.4. The van der Waals surface area contributed by atoms with Gasteiger partial charge < -0.3 is 20.4 Å². The number of nitrogens with one attached hydrogen (secondary N) is 2. The Labute approximate surface area is 214 Å². The fraction of sp³-hybridized carbons (Fsp3) is 0.423. The van der Waals surface area contributed by atoms with Crippen LogP contribution in [-0.2, 0) is 12.7 Å². The van der Waals surface area contributed by atoms with Gasteiger partial charge in [-0.15, -0.1) is 0 Å². The summed E-state index contributed by atoms with van der Waals surface area (Å²) < 4.78 is 39.8. The van der Waals surface area contributed by atoms with E-state index in [1.165, 1.54) is 23.1 Å². The third-order valence-electron chi connectivity index (χ3n) is 6.22. The average molecular weight is 516 g/mol. The standard InChI is InChI=1S/C26H32F3N7O/c1-34(2)13-7-12-30-24-19-8-3-5-10-21(19)31-23(33-24)18-35-14-16-36(17-15-35)25(37)32-22-11-6-4-9-20(22)26(27,28)29/h3-6,8-11H,7,12-18H2,1-2H3,(H,32,37)(H,30,31,33). The van der Waals surface area contributed by atoms with Crippen LogP contribution in [0.4, 0.5) is 29.5 Å². The smallest absolute Gasteiger partial charge is 0.369 e. The van der Waals surface area contributed by atoms with E-state index in [-0.39, 0.29) is 5.69 Å². The maximum atomic E-state index is 13.3. The summed E-state index contributed by atoms with van der Waals surface area (Å²) in [5.74, 6) is 1.49. The number of hydrogen-bond acceptors (Lipinski definition) is 6. The summed E-state index contributed by atoms with van der Waals surface area (Å²) in [4.78, 5) is 28.0. The molecule has 0 spiro atoms. The molecule has 1 fully saturated rings. The minimum absolute atomic E-state index is 0.238. The van der Waals surface area contributed by atoms with Gasteiger partial charge in [-0.05, 0) is 51.3 Å². The molecule has 2 heterocycles. The molecule has 0 unspecified atom stereocenters. The lowest BCUT2D eigenvalue weighted by Gasteiger charge is -2.34. The Morgan fingerprint density at radius 1 is 1.00 bits per heavy atom. The first kappa shape index (κ1) is 26.6. The average Bonchev–Trinajstić information content (AvgIpc) is 2.86. The quantitative estimate of drug-likeness (QED) is 0.434. The minimum atomic E-state index is -4.54. The van der Waals surface area contributed by atoms with Crippen molar-refractivity contribution in [1.82, 2.24) is 24.7 Å². The van der Waals surface area contributed by atoms with Crippen LogP contribution >= 0.6 is 0 Å². The first-order chi connectivity index (χ1) is 17.7. The second kappa shape index (κ2) is 11.7. The maximum absolute atomic E-state index is 13.3. The fourth-order valence-corrected chi connectivity index (χ4v) is 4.27. The Hall–Kier alpha value is -3.44. The van der Waals surface area contributed by atoms with Crippen LogP contribution < -0.4 is 10.6 Å².